The molecule has 0 aliphatic carbocycles. The van der Waals surface area contributed by atoms with Crippen LogP contribution in [0.25, 0.3) is 11.0 Å². The Hall–Kier alpha value is -3.93. The molecular weight excluding hydrogens is 620 g/mol. The van der Waals surface area contributed by atoms with Crippen LogP contribution in [-0.4, -0.2) is 34.4 Å². The van der Waals surface area contributed by atoms with E-state index in [1.54, 1.807) is 56.7 Å². The standard InChI is InChI=1S/C30H29BrF4N4O3/c1-30(2,3)29(41)36-14-16-5-10-21(32)19(27(16)35)12-26-38-22-11-20(28(40)37-18-8-6-17(31)7-9-18)24(42-15-25(33)34)13-23(22)39(26)4/h5-11,13,25H,12,14-15H2,1-4H3,(H,36,41)(H,37,40). The Balaban J connectivity index is 1.68. The molecule has 0 spiro atoms. The van der Waals surface area contributed by atoms with Crippen LogP contribution in [0.15, 0.2) is 53.0 Å². The van der Waals surface area contributed by atoms with Gasteiger partial charge in [0.2, 0.25) is 5.91 Å². The summed E-state index contributed by atoms with van der Waals surface area (Å²) in [5.74, 6) is -2.34. The molecule has 3 aromatic carbocycles. The summed E-state index contributed by atoms with van der Waals surface area (Å²) in [6.45, 7) is 4.10. The Bertz CT molecular complexity index is 1630. The van der Waals surface area contributed by atoms with Gasteiger partial charge in [-0.3, -0.25) is 9.59 Å². The second-order valence-electron chi connectivity index (χ2n) is 10.7. The molecule has 4 aromatic rings. The maximum Gasteiger partial charge on any atom is 0.272 e. The number of anilines is 1. The minimum absolute atomic E-state index is 0.0373. The molecular formula is C30H29BrF4N4O3. The summed E-state index contributed by atoms with van der Waals surface area (Å²) in [6, 6.07) is 12.0. The van der Waals surface area contributed by atoms with Crippen molar-refractivity contribution in [2.24, 2.45) is 12.5 Å². The minimum Gasteiger partial charge on any atom is -0.487 e. The quantitative estimate of drug-likeness (QED) is 0.196. The third-order valence-corrected chi connectivity index (χ3v) is 7.04. The van der Waals surface area contributed by atoms with Crippen LogP contribution in [0.5, 0.6) is 5.75 Å². The fraction of sp³-hybridized carbons (Fsp3) is 0.300. The van der Waals surface area contributed by atoms with Crippen molar-refractivity contribution in [3.63, 3.8) is 0 Å². The van der Waals surface area contributed by atoms with E-state index in [1.807, 2.05) is 0 Å². The Morgan fingerprint density at radius 2 is 1.76 bits per heavy atom. The van der Waals surface area contributed by atoms with E-state index in [-0.39, 0.29) is 47.1 Å². The fourth-order valence-electron chi connectivity index (χ4n) is 4.15. The third kappa shape index (κ3) is 7.10. The van der Waals surface area contributed by atoms with Crippen LogP contribution < -0.4 is 15.4 Å². The largest absolute Gasteiger partial charge is 0.487 e. The van der Waals surface area contributed by atoms with Gasteiger partial charge in [0, 0.05) is 52.8 Å². The summed E-state index contributed by atoms with van der Waals surface area (Å²) >= 11 is 3.32. The number of benzene rings is 3. The Morgan fingerprint density at radius 1 is 1.07 bits per heavy atom. The van der Waals surface area contributed by atoms with Gasteiger partial charge in [-0.1, -0.05) is 42.8 Å². The van der Waals surface area contributed by atoms with Crippen molar-refractivity contribution in [2.75, 3.05) is 11.9 Å². The van der Waals surface area contributed by atoms with Gasteiger partial charge in [-0.25, -0.2) is 22.5 Å². The van der Waals surface area contributed by atoms with Crippen LogP contribution in [0.4, 0.5) is 23.2 Å². The number of halogens is 5. The van der Waals surface area contributed by atoms with Crippen LogP contribution in [0, 0.1) is 17.0 Å². The SMILES string of the molecule is Cn1c(Cc2c(F)ccc(CNC(=O)C(C)(C)C)c2F)nc2cc(C(=O)Nc3ccc(Br)cc3)c(OCC(F)F)cc21. The summed E-state index contributed by atoms with van der Waals surface area (Å²) in [7, 11) is 1.60. The van der Waals surface area contributed by atoms with Gasteiger partial charge in [0.1, 0.15) is 29.8 Å². The number of aryl methyl sites for hydroxylation is 1. The second kappa shape index (κ2) is 12.5. The molecule has 1 aromatic heterocycles. The maximum absolute atomic E-state index is 15.4. The Morgan fingerprint density at radius 3 is 2.40 bits per heavy atom. The normalized spacial score (nSPS) is 11.7. The summed E-state index contributed by atoms with van der Waals surface area (Å²) in [6.07, 6.45) is -3.03. The first-order valence-corrected chi connectivity index (χ1v) is 13.7. The topological polar surface area (TPSA) is 85.2 Å². The van der Waals surface area contributed by atoms with Crippen molar-refractivity contribution in [3.8, 4) is 5.75 Å². The van der Waals surface area contributed by atoms with Gasteiger partial charge >= 0.3 is 0 Å². The first-order valence-electron chi connectivity index (χ1n) is 13.0. The molecule has 0 bridgehead atoms. The summed E-state index contributed by atoms with van der Waals surface area (Å²) < 4.78 is 63.9. The molecule has 0 saturated heterocycles. The van der Waals surface area contributed by atoms with Crippen LogP contribution in [0.1, 0.15) is 48.1 Å². The number of carbonyl (C=O) groups is 2. The van der Waals surface area contributed by atoms with E-state index in [0.29, 0.717) is 16.7 Å². The highest BCUT2D eigenvalue weighted by Crippen LogP contribution is 2.30. The molecule has 12 heteroatoms. The van der Waals surface area contributed by atoms with Crippen molar-refractivity contribution in [3.05, 3.63) is 87.2 Å². The van der Waals surface area contributed by atoms with Gasteiger partial charge in [0.05, 0.1) is 16.6 Å². The minimum atomic E-state index is -2.78. The molecule has 2 amide bonds. The molecule has 0 fully saturated rings. The number of rotatable bonds is 9. The van der Waals surface area contributed by atoms with Crippen LogP contribution in [0.2, 0.25) is 0 Å². The number of ether oxygens (including phenoxy) is 1. The number of carbonyl (C=O) groups excluding carboxylic acids is 2. The molecule has 1 heterocycles. The number of nitrogens with one attached hydrogen (secondary N) is 2. The number of hydrogen-bond acceptors (Lipinski definition) is 4. The first-order chi connectivity index (χ1) is 19.7. The first kappa shape index (κ1) is 31.0. The third-order valence-electron chi connectivity index (χ3n) is 6.51. The van der Waals surface area contributed by atoms with Gasteiger partial charge in [0.15, 0.2) is 0 Å². The molecule has 42 heavy (non-hydrogen) atoms. The summed E-state index contributed by atoms with van der Waals surface area (Å²) in [5.41, 5.74) is 0.309. The van der Waals surface area contributed by atoms with Gasteiger partial charge in [0.25, 0.3) is 12.3 Å². The van der Waals surface area contributed by atoms with E-state index < -0.39 is 36.0 Å². The van der Waals surface area contributed by atoms with Crippen LogP contribution >= 0.6 is 15.9 Å². The predicted molar refractivity (Wildman–Crippen MR) is 155 cm³/mol. The van der Waals surface area contributed by atoms with Crippen molar-refractivity contribution in [1.29, 1.82) is 0 Å². The highest BCUT2D eigenvalue weighted by Gasteiger charge is 2.24. The van der Waals surface area contributed by atoms with Gasteiger partial charge in [-0.15, -0.1) is 0 Å². The monoisotopic (exact) mass is 648 g/mol. The van der Waals surface area contributed by atoms with Crippen molar-refractivity contribution >= 4 is 44.5 Å². The summed E-state index contributed by atoms with van der Waals surface area (Å²) in [4.78, 5) is 29.9. The zero-order valence-electron chi connectivity index (χ0n) is 23.3. The number of imidazole rings is 1. The molecule has 2 N–H and O–H groups in total. The Kier molecular flexibility index (Phi) is 9.24. The van der Waals surface area contributed by atoms with Gasteiger partial charge < -0.3 is 19.9 Å². The number of aromatic nitrogens is 2. The van der Waals surface area contributed by atoms with E-state index in [0.717, 1.165) is 10.5 Å². The Labute approximate surface area is 248 Å². The molecule has 0 unspecified atom stereocenters. The van der Waals surface area contributed by atoms with E-state index >= 15 is 4.39 Å². The number of hydrogen-bond donors (Lipinski definition) is 2. The number of alkyl halides is 2. The van der Waals surface area contributed by atoms with Crippen LogP contribution in [-0.2, 0) is 24.8 Å². The molecule has 0 atom stereocenters. The van der Waals surface area contributed by atoms with E-state index in [9.17, 15) is 22.8 Å². The number of nitrogens with zero attached hydrogens (tertiary/aromatic N) is 2. The van der Waals surface area contributed by atoms with Crippen molar-refractivity contribution in [1.82, 2.24) is 14.9 Å². The lowest BCUT2D eigenvalue weighted by molar-refractivity contribution is -0.128. The number of fused-ring (bicyclic) bond motifs is 1. The fourth-order valence-corrected chi connectivity index (χ4v) is 4.42. The number of amides is 2. The second-order valence-corrected chi connectivity index (χ2v) is 11.6. The molecule has 0 aliphatic heterocycles. The average Bonchev–Trinajstić information content (AvgIpc) is 3.23. The lowest BCUT2D eigenvalue weighted by atomic mass is 9.95. The lowest BCUT2D eigenvalue weighted by Crippen LogP contribution is -2.34. The highest BCUT2D eigenvalue weighted by atomic mass is 79.9. The molecule has 4 rings (SSSR count). The van der Waals surface area contributed by atoms with Gasteiger partial charge in [-0.2, -0.15) is 0 Å². The zero-order valence-corrected chi connectivity index (χ0v) is 24.9. The zero-order chi connectivity index (χ0) is 30.8. The van der Waals surface area contributed by atoms with E-state index in [1.165, 1.54) is 18.2 Å². The van der Waals surface area contributed by atoms with Crippen molar-refractivity contribution in [2.45, 2.75) is 40.2 Å². The van der Waals surface area contributed by atoms with E-state index in [2.05, 4.69) is 31.5 Å². The molecule has 0 radical (unpaired) electrons. The molecule has 0 saturated carbocycles. The summed E-state index contributed by atoms with van der Waals surface area (Å²) in [5, 5.41) is 5.36. The predicted octanol–water partition coefficient (Wildman–Crippen LogP) is 6.76. The average molecular weight is 649 g/mol. The van der Waals surface area contributed by atoms with E-state index in [4.69, 9.17) is 4.74 Å². The smallest absolute Gasteiger partial charge is 0.272 e. The molecule has 222 valence electrons. The lowest BCUT2D eigenvalue weighted by Gasteiger charge is -2.18. The molecule has 7 nitrogen and oxygen atoms in total. The maximum atomic E-state index is 15.4. The highest BCUT2D eigenvalue weighted by molar-refractivity contribution is 9.10. The molecule has 0 aliphatic rings. The van der Waals surface area contributed by atoms with Gasteiger partial charge in [-0.05, 0) is 36.4 Å². The van der Waals surface area contributed by atoms with Crippen LogP contribution in [0.3, 0.4) is 0 Å². The van der Waals surface area contributed by atoms with Crippen molar-refractivity contribution < 1.29 is 31.9 Å².